The van der Waals surface area contributed by atoms with E-state index in [9.17, 15) is 18.0 Å². The molecule has 0 aliphatic heterocycles. The summed E-state index contributed by atoms with van der Waals surface area (Å²) >= 11 is 0. The van der Waals surface area contributed by atoms with Crippen LogP contribution in [-0.2, 0) is 29.2 Å². The number of hydrogen-bond acceptors (Lipinski definition) is 6. The van der Waals surface area contributed by atoms with Gasteiger partial charge < -0.3 is 9.47 Å². The second kappa shape index (κ2) is 12.4. The molecule has 0 heterocycles. The van der Waals surface area contributed by atoms with Crippen molar-refractivity contribution >= 4 is 51.6 Å². The Morgan fingerprint density at radius 3 is 1.95 bits per heavy atom. The van der Waals surface area contributed by atoms with Crippen molar-refractivity contribution in [3.63, 3.8) is 0 Å². The van der Waals surface area contributed by atoms with E-state index in [0.29, 0.717) is 12.8 Å². The van der Waals surface area contributed by atoms with Gasteiger partial charge in [0.05, 0.1) is 19.6 Å². The van der Waals surface area contributed by atoms with Gasteiger partial charge in [-0.15, -0.1) is 0 Å². The van der Waals surface area contributed by atoms with Gasteiger partial charge in [0.25, 0.3) is 10.1 Å². The number of carbonyl (C=O) groups is 2. The second-order valence-corrected chi connectivity index (χ2v) is 5.90. The Morgan fingerprint density at radius 2 is 1.52 bits per heavy atom. The summed E-state index contributed by atoms with van der Waals surface area (Å²) in [5, 5.41) is -1.92. The zero-order valence-corrected chi connectivity index (χ0v) is 15.6. The average Bonchev–Trinajstić information content (AvgIpc) is 2.35. The maximum absolute atomic E-state index is 11.6. The summed E-state index contributed by atoms with van der Waals surface area (Å²) in [7, 11) is -4.70. The van der Waals surface area contributed by atoms with Crippen LogP contribution < -0.4 is 0 Å². The Hall–Kier alpha value is -0.150. The van der Waals surface area contributed by atoms with Crippen molar-refractivity contribution in [3.8, 4) is 0 Å². The Kier molecular flexibility index (Phi) is 13.7. The third-order valence-electron chi connectivity index (χ3n) is 2.48. The molecule has 0 fully saturated rings. The SMILES string of the molecule is CCCCOC(=O)CC(C(=O)OCCCC)S(=O)(=O)O.[Na]. The minimum Gasteiger partial charge on any atom is -0.466 e. The van der Waals surface area contributed by atoms with Crippen LogP contribution in [0.25, 0.3) is 0 Å². The van der Waals surface area contributed by atoms with E-state index in [1.165, 1.54) is 0 Å². The Balaban J connectivity index is 0. The molecule has 0 amide bonds. The van der Waals surface area contributed by atoms with Crippen LogP contribution in [0, 0.1) is 0 Å². The van der Waals surface area contributed by atoms with Crippen LogP contribution >= 0.6 is 0 Å². The molecule has 0 rings (SSSR count). The fourth-order valence-electron chi connectivity index (χ4n) is 1.26. The van der Waals surface area contributed by atoms with Gasteiger partial charge in [0.15, 0.2) is 5.25 Å². The van der Waals surface area contributed by atoms with Gasteiger partial charge in [0.2, 0.25) is 0 Å². The topological polar surface area (TPSA) is 107 Å². The van der Waals surface area contributed by atoms with Crippen molar-refractivity contribution in [2.24, 2.45) is 0 Å². The minimum absolute atomic E-state index is 0. The second-order valence-electron chi connectivity index (χ2n) is 4.30. The molecule has 0 aromatic carbocycles. The molecule has 0 aliphatic carbocycles. The van der Waals surface area contributed by atoms with Gasteiger partial charge in [-0.25, -0.2) is 0 Å². The van der Waals surface area contributed by atoms with Crippen LogP contribution in [0.15, 0.2) is 0 Å². The summed E-state index contributed by atoms with van der Waals surface area (Å²) in [5.41, 5.74) is 0. The van der Waals surface area contributed by atoms with Gasteiger partial charge in [-0.05, 0) is 12.8 Å². The van der Waals surface area contributed by atoms with E-state index in [4.69, 9.17) is 14.0 Å². The smallest absolute Gasteiger partial charge is 0.327 e. The molecule has 0 aromatic rings. The van der Waals surface area contributed by atoms with E-state index in [-0.39, 0.29) is 42.8 Å². The molecule has 0 saturated heterocycles. The number of esters is 2. The summed E-state index contributed by atoms with van der Waals surface area (Å²) in [6.07, 6.45) is 2.05. The van der Waals surface area contributed by atoms with E-state index in [1.807, 2.05) is 13.8 Å². The summed E-state index contributed by atoms with van der Waals surface area (Å²) in [6, 6.07) is 0. The molecule has 0 saturated carbocycles. The third-order valence-corrected chi connectivity index (χ3v) is 3.56. The van der Waals surface area contributed by atoms with Crippen molar-refractivity contribution in [2.45, 2.75) is 51.2 Å². The van der Waals surface area contributed by atoms with Crippen LogP contribution in [0.5, 0.6) is 0 Å². The van der Waals surface area contributed by atoms with E-state index >= 15 is 0 Å². The first-order valence-electron chi connectivity index (χ1n) is 6.61. The molecule has 0 aromatic heterocycles. The van der Waals surface area contributed by atoms with Gasteiger partial charge in [0, 0.05) is 29.6 Å². The van der Waals surface area contributed by atoms with Crippen molar-refractivity contribution in [1.29, 1.82) is 0 Å². The maximum Gasteiger partial charge on any atom is 0.327 e. The van der Waals surface area contributed by atoms with Crippen LogP contribution in [-0.4, -0.2) is 72.9 Å². The molecular formula is C12H22NaO7S. The predicted molar refractivity (Wildman–Crippen MR) is 77.4 cm³/mol. The number of unbranched alkanes of at least 4 members (excludes halogenated alkanes) is 2. The van der Waals surface area contributed by atoms with Crippen LogP contribution in [0.4, 0.5) is 0 Å². The molecule has 0 spiro atoms. The summed E-state index contributed by atoms with van der Waals surface area (Å²) in [6.45, 7) is 3.98. The van der Waals surface area contributed by atoms with Gasteiger partial charge >= 0.3 is 11.9 Å². The molecule has 21 heavy (non-hydrogen) atoms. The minimum atomic E-state index is -4.70. The summed E-state index contributed by atoms with van der Waals surface area (Å²) in [4.78, 5) is 23.0. The number of carbonyl (C=O) groups excluding carboxylic acids is 2. The quantitative estimate of drug-likeness (QED) is 0.274. The summed E-state index contributed by atoms with van der Waals surface area (Å²) in [5.74, 6) is -1.98. The van der Waals surface area contributed by atoms with Gasteiger partial charge in [-0.2, -0.15) is 8.42 Å². The molecule has 1 radical (unpaired) electrons. The summed E-state index contributed by atoms with van der Waals surface area (Å²) < 4.78 is 40.7. The van der Waals surface area contributed by atoms with Crippen molar-refractivity contribution in [2.75, 3.05) is 13.2 Å². The number of ether oxygens (including phenoxy) is 2. The molecule has 9 heteroatoms. The Morgan fingerprint density at radius 1 is 1.05 bits per heavy atom. The first-order valence-corrected chi connectivity index (χ1v) is 8.11. The average molecular weight is 333 g/mol. The van der Waals surface area contributed by atoms with Crippen LogP contribution in [0.1, 0.15) is 46.0 Å². The maximum atomic E-state index is 11.6. The fourth-order valence-corrected chi connectivity index (χ4v) is 1.92. The molecule has 0 aliphatic rings. The molecule has 1 N–H and O–H groups in total. The van der Waals surface area contributed by atoms with E-state index in [2.05, 4.69) is 0 Å². The van der Waals surface area contributed by atoms with Crippen LogP contribution in [0.3, 0.4) is 0 Å². The molecule has 7 nitrogen and oxygen atoms in total. The Bertz CT molecular complexity index is 408. The number of hydrogen-bond donors (Lipinski definition) is 1. The molecule has 0 bridgehead atoms. The molecule has 1 unspecified atom stereocenters. The van der Waals surface area contributed by atoms with Gasteiger partial charge in [-0.3, -0.25) is 14.1 Å². The normalized spacial score (nSPS) is 12.1. The zero-order chi connectivity index (χ0) is 15.6. The van der Waals surface area contributed by atoms with E-state index in [1.54, 1.807) is 0 Å². The van der Waals surface area contributed by atoms with Crippen molar-refractivity contribution < 1.29 is 32.0 Å². The standard InChI is InChI=1S/C12H22O7S.Na/c1-3-5-7-18-11(13)9-10(20(15,16)17)12(14)19-8-6-4-2;/h10H,3-9H2,1-2H3,(H,15,16,17);. The first-order chi connectivity index (χ1) is 9.32. The predicted octanol–water partition coefficient (Wildman–Crippen LogP) is 0.939. The Labute approximate surface area is 147 Å². The first kappa shape index (κ1) is 23.1. The molecular weight excluding hydrogens is 311 g/mol. The third kappa shape index (κ3) is 11.1. The zero-order valence-electron chi connectivity index (χ0n) is 12.8. The fraction of sp³-hybridized carbons (Fsp3) is 0.833. The monoisotopic (exact) mass is 333 g/mol. The van der Waals surface area contributed by atoms with Gasteiger partial charge in [-0.1, -0.05) is 26.7 Å². The van der Waals surface area contributed by atoms with Gasteiger partial charge in [0.1, 0.15) is 0 Å². The largest absolute Gasteiger partial charge is 0.466 e. The molecule has 119 valence electrons. The van der Waals surface area contributed by atoms with E-state index < -0.39 is 33.7 Å². The number of rotatable bonds is 10. The van der Waals surface area contributed by atoms with E-state index in [0.717, 1.165) is 12.8 Å². The van der Waals surface area contributed by atoms with Crippen LogP contribution in [0.2, 0.25) is 0 Å². The van der Waals surface area contributed by atoms with Crippen molar-refractivity contribution in [1.82, 2.24) is 0 Å². The molecule has 1 atom stereocenters. The van der Waals surface area contributed by atoms with Crippen molar-refractivity contribution in [3.05, 3.63) is 0 Å².